The third-order valence-corrected chi connectivity index (χ3v) is 4.16. The zero-order chi connectivity index (χ0) is 17.4. The molecule has 0 atom stereocenters. The summed E-state index contributed by atoms with van der Waals surface area (Å²) in [7, 11) is 0. The SMILES string of the molecule is Cc1cnc(-c2nn(Cc3ccccc3F)c3ccccc23)nc1N. The standard InChI is InChI=1S/C19H16FN5/c1-12-10-22-19(23-18(12)21)17-14-7-3-5-9-16(14)25(24-17)11-13-6-2-4-8-15(13)20/h2-10H,11H2,1H3,(H2,21,22,23). The van der Waals surface area contributed by atoms with E-state index in [0.29, 0.717) is 29.4 Å². The Labute approximate surface area is 144 Å². The van der Waals surface area contributed by atoms with Crippen LogP contribution in [0.5, 0.6) is 0 Å². The first-order valence-electron chi connectivity index (χ1n) is 7.92. The van der Waals surface area contributed by atoms with Crippen molar-refractivity contribution in [3.63, 3.8) is 0 Å². The zero-order valence-electron chi connectivity index (χ0n) is 13.6. The van der Waals surface area contributed by atoms with E-state index in [9.17, 15) is 4.39 Å². The van der Waals surface area contributed by atoms with Gasteiger partial charge in [-0.1, -0.05) is 36.4 Å². The lowest BCUT2D eigenvalue weighted by Gasteiger charge is -2.05. The van der Waals surface area contributed by atoms with Crippen molar-refractivity contribution < 1.29 is 4.39 Å². The quantitative estimate of drug-likeness (QED) is 0.622. The van der Waals surface area contributed by atoms with E-state index in [1.807, 2.05) is 37.3 Å². The van der Waals surface area contributed by atoms with Crippen LogP contribution in [-0.2, 0) is 6.54 Å². The molecule has 0 unspecified atom stereocenters. The normalized spacial score (nSPS) is 11.1. The van der Waals surface area contributed by atoms with Gasteiger partial charge in [0.1, 0.15) is 17.3 Å². The summed E-state index contributed by atoms with van der Waals surface area (Å²) in [6.45, 7) is 2.18. The number of para-hydroxylation sites is 1. The average Bonchev–Trinajstić information content (AvgIpc) is 2.98. The van der Waals surface area contributed by atoms with E-state index >= 15 is 0 Å². The molecule has 0 fully saturated rings. The molecular weight excluding hydrogens is 317 g/mol. The lowest BCUT2D eigenvalue weighted by molar-refractivity contribution is 0.590. The van der Waals surface area contributed by atoms with Crippen LogP contribution in [0, 0.1) is 12.7 Å². The maximum absolute atomic E-state index is 14.0. The third kappa shape index (κ3) is 2.71. The highest BCUT2D eigenvalue weighted by Crippen LogP contribution is 2.27. The highest BCUT2D eigenvalue weighted by atomic mass is 19.1. The third-order valence-electron chi connectivity index (χ3n) is 4.16. The maximum atomic E-state index is 14.0. The summed E-state index contributed by atoms with van der Waals surface area (Å²) >= 11 is 0. The van der Waals surface area contributed by atoms with Crippen molar-refractivity contribution in [1.29, 1.82) is 0 Å². The summed E-state index contributed by atoms with van der Waals surface area (Å²) in [5.74, 6) is 0.642. The van der Waals surface area contributed by atoms with Gasteiger partial charge in [0.05, 0.1) is 12.1 Å². The number of rotatable bonds is 3. The van der Waals surface area contributed by atoms with Gasteiger partial charge < -0.3 is 5.73 Å². The number of nitrogens with two attached hydrogens (primary N) is 1. The minimum Gasteiger partial charge on any atom is -0.383 e. The Hall–Kier alpha value is -3.28. The number of fused-ring (bicyclic) bond motifs is 1. The molecule has 0 saturated heterocycles. The molecule has 0 amide bonds. The van der Waals surface area contributed by atoms with E-state index in [-0.39, 0.29) is 5.82 Å². The fourth-order valence-corrected chi connectivity index (χ4v) is 2.77. The van der Waals surface area contributed by atoms with Gasteiger partial charge in [0.15, 0.2) is 5.82 Å². The van der Waals surface area contributed by atoms with Gasteiger partial charge in [-0.2, -0.15) is 5.10 Å². The van der Waals surface area contributed by atoms with Crippen molar-refractivity contribution in [3.05, 3.63) is 71.7 Å². The van der Waals surface area contributed by atoms with Gasteiger partial charge in [-0.15, -0.1) is 0 Å². The van der Waals surface area contributed by atoms with Crippen LogP contribution in [0.1, 0.15) is 11.1 Å². The van der Waals surface area contributed by atoms with Gasteiger partial charge in [0.25, 0.3) is 0 Å². The summed E-state index contributed by atoms with van der Waals surface area (Å²) in [6.07, 6.45) is 1.68. The van der Waals surface area contributed by atoms with Crippen molar-refractivity contribution in [2.24, 2.45) is 0 Å². The number of nitrogens with zero attached hydrogens (tertiary/aromatic N) is 4. The molecule has 4 rings (SSSR count). The number of benzene rings is 2. The number of anilines is 1. The van der Waals surface area contributed by atoms with E-state index in [0.717, 1.165) is 16.5 Å². The Bertz CT molecular complexity index is 1070. The van der Waals surface area contributed by atoms with Crippen LogP contribution < -0.4 is 5.73 Å². The van der Waals surface area contributed by atoms with Crippen LogP contribution in [-0.4, -0.2) is 19.7 Å². The fraction of sp³-hybridized carbons (Fsp3) is 0.105. The van der Waals surface area contributed by atoms with E-state index in [2.05, 4.69) is 15.1 Å². The summed E-state index contributed by atoms with van der Waals surface area (Å²) in [6, 6.07) is 14.5. The van der Waals surface area contributed by atoms with Gasteiger partial charge in [0, 0.05) is 22.7 Å². The van der Waals surface area contributed by atoms with Crippen LogP contribution in [0.3, 0.4) is 0 Å². The highest BCUT2D eigenvalue weighted by Gasteiger charge is 2.16. The summed E-state index contributed by atoms with van der Waals surface area (Å²) in [4.78, 5) is 8.70. The predicted molar refractivity (Wildman–Crippen MR) is 95.4 cm³/mol. The number of nitrogen functional groups attached to an aromatic ring is 1. The van der Waals surface area contributed by atoms with Crippen LogP contribution in [0.15, 0.2) is 54.7 Å². The van der Waals surface area contributed by atoms with Crippen molar-refractivity contribution in [2.45, 2.75) is 13.5 Å². The minimum atomic E-state index is -0.250. The highest BCUT2D eigenvalue weighted by molar-refractivity contribution is 5.91. The molecule has 0 aliphatic carbocycles. The van der Waals surface area contributed by atoms with Crippen LogP contribution in [0.25, 0.3) is 22.4 Å². The predicted octanol–water partition coefficient (Wildman–Crippen LogP) is 3.57. The first-order valence-corrected chi connectivity index (χ1v) is 7.92. The lowest BCUT2D eigenvalue weighted by atomic mass is 10.2. The average molecular weight is 333 g/mol. The molecule has 2 heterocycles. The molecule has 5 nitrogen and oxygen atoms in total. The Morgan fingerprint density at radius 3 is 2.64 bits per heavy atom. The first-order chi connectivity index (χ1) is 12.1. The molecule has 0 aliphatic rings. The Kier molecular flexibility index (Phi) is 3.65. The molecule has 0 spiro atoms. The fourth-order valence-electron chi connectivity index (χ4n) is 2.77. The van der Waals surface area contributed by atoms with E-state index in [1.54, 1.807) is 23.0 Å². The minimum absolute atomic E-state index is 0.250. The number of aryl methyl sites for hydroxylation is 1. The van der Waals surface area contributed by atoms with Crippen molar-refractivity contribution >= 4 is 16.7 Å². The first kappa shape index (κ1) is 15.3. The number of halogens is 1. The van der Waals surface area contributed by atoms with E-state index in [4.69, 9.17) is 5.73 Å². The van der Waals surface area contributed by atoms with Crippen LogP contribution >= 0.6 is 0 Å². The molecule has 124 valence electrons. The molecule has 4 aromatic rings. The van der Waals surface area contributed by atoms with Crippen LogP contribution in [0.4, 0.5) is 10.2 Å². The monoisotopic (exact) mass is 333 g/mol. The molecule has 2 aromatic carbocycles. The number of aromatic nitrogens is 4. The second kappa shape index (κ2) is 5.98. The Morgan fingerprint density at radius 2 is 1.84 bits per heavy atom. The number of hydrogen-bond donors (Lipinski definition) is 1. The van der Waals surface area contributed by atoms with Gasteiger partial charge >= 0.3 is 0 Å². The second-order valence-corrected chi connectivity index (χ2v) is 5.88. The van der Waals surface area contributed by atoms with E-state index in [1.165, 1.54) is 6.07 Å². The maximum Gasteiger partial charge on any atom is 0.182 e. The molecule has 0 radical (unpaired) electrons. The van der Waals surface area contributed by atoms with Gasteiger partial charge in [0.2, 0.25) is 0 Å². The molecule has 25 heavy (non-hydrogen) atoms. The zero-order valence-corrected chi connectivity index (χ0v) is 13.6. The second-order valence-electron chi connectivity index (χ2n) is 5.88. The largest absolute Gasteiger partial charge is 0.383 e. The molecule has 0 saturated carbocycles. The van der Waals surface area contributed by atoms with Crippen molar-refractivity contribution in [2.75, 3.05) is 5.73 Å². The van der Waals surface area contributed by atoms with Crippen LogP contribution in [0.2, 0.25) is 0 Å². The van der Waals surface area contributed by atoms with Gasteiger partial charge in [-0.3, -0.25) is 4.68 Å². The molecule has 2 N–H and O–H groups in total. The Balaban J connectivity index is 1.87. The van der Waals surface area contributed by atoms with Gasteiger partial charge in [-0.25, -0.2) is 14.4 Å². The molecule has 0 bridgehead atoms. The summed E-state index contributed by atoms with van der Waals surface area (Å²) in [5, 5.41) is 5.54. The molecular formula is C19H16FN5. The molecule has 0 aliphatic heterocycles. The smallest absolute Gasteiger partial charge is 0.182 e. The van der Waals surface area contributed by atoms with E-state index < -0.39 is 0 Å². The lowest BCUT2D eigenvalue weighted by Crippen LogP contribution is -2.04. The van der Waals surface area contributed by atoms with Crippen molar-refractivity contribution in [1.82, 2.24) is 19.7 Å². The van der Waals surface area contributed by atoms with Gasteiger partial charge in [-0.05, 0) is 19.1 Å². The molecule has 6 heteroatoms. The topological polar surface area (TPSA) is 69.6 Å². The number of hydrogen-bond acceptors (Lipinski definition) is 4. The summed E-state index contributed by atoms with van der Waals surface area (Å²) in [5.41, 5.74) is 8.84. The van der Waals surface area contributed by atoms with Crippen molar-refractivity contribution in [3.8, 4) is 11.5 Å². The molecule has 2 aromatic heterocycles. The summed E-state index contributed by atoms with van der Waals surface area (Å²) < 4.78 is 15.8. The Morgan fingerprint density at radius 1 is 1.08 bits per heavy atom.